The predicted octanol–water partition coefficient (Wildman–Crippen LogP) is 2.53. The Labute approximate surface area is 77.1 Å². The molecule has 3 heteroatoms. The highest BCUT2D eigenvalue weighted by molar-refractivity contribution is 5.64. The zero-order valence-corrected chi connectivity index (χ0v) is 7.82. The maximum Gasteiger partial charge on any atom is 0.135 e. The molecule has 0 fully saturated rings. The van der Waals surface area contributed by atoms with Gasteiger partial charge in [-0.05, 0) is 34.8 Å². The number of hydrogen-bond donors (Lipinski definition) is 0. The molecule has 0 saturated heterocycles. The molecule has 1 atom stereocenters. The summed E-state index contributed by atoms with van der Waals surface area (Å²) in [4.78, 5) is 0. The first-order chi connectivity index (χ1) is 6.31. The smallest absolute Gasteiger partial charge is 0.135 e. The summed E-state index contributed by atoms with van der Waals surface area (Å²) < 4.78 is 4.66. The molecule has 2 rings (SSSR count). The van der Waals surface area contributed by atoms with Crippen LogP contribution in [0.25, 0.3) is 12.2 Å². The highest BCUT2D eigenvalue weighted by atomic mass is 16.6. The van der Waals surface area contributed by atoms with Crippen LogP contribution in [-0.4, -0.2) is 10.3 Å². The second-order valence-corrected chi connectivity index (χ2v) is 3.26. The highest BCUT2D eigenvalue weighted by Crippen LogP contribution is 2.24. The molecule has 0 saturated carbocycles. The maximum absolute atomic E-state index is 4.66. The SMILES string of the molecule is CCC1=Cc2nonc2C=CC1C. The van der Waals surface area contributed by atoms with Crippen molar-refractivity contribution >= 4 is 12.2 Å². The molecule has 13 heavy (non-hydrogen) atoms. The van der Waals surface area contributed by atoms with E-state index in [9.17, 15) is 0 Å². The molecule has 1 unspecified atom stereocenters. The van der Waals surface area contributed by atoms with E-state index >= 15 is 0 Å². The molecule has 0 aliphatic heterocycles. The second-order valence-electron chi connectivity index (χ2n) is 3.26. The van der Waals surface area contributed by atoms with Gasteiger partial charge in [-0.2, -0.15) is 0 Å². The summed E-state index contributed by atoms with van der Waals surface area (Å²) in [5.41, 5.74) is 3.04. The van der Waals surface area contributed by atoms with E-state index in [-0.39, 0.29) is 0 Å². The third-order valence-corrected chi connectivity index (χ3v) is 2.40. The van der Waals surface area contributed by atoms with Crippen molar-refractivity contribution in [1.29, 1.82) is 0 Å². The molecule has 3 nitrogen and oxygen atoms in total. The zero-order chi connectivity index (χ0) is 9.26. The Morgan fingerprint density at radius 1 is 1.38 bits per heavy atom. The van der Waals surface area contributed by atoms with Crippen molar-refractivity contribution < 1.29 is 4.63 Å². The quantitative estimate of drug-likeness (QED) is 0.660. The lowest BCUT2D eigenvalue weighted by Crippen LogP contribution is -1.92. The van der Waals surface area contributed by atoms with Crippen LogP contribution < -0.4 is 0 Å². The van der Waals surface area contributed by atoms with Crippen LogP contribution in [0.5, 0.6) is 0 Å². The minimum atomic E-state index is 0.473. The average Bonchev–Trinajstić information content (AvgIpc) is 2.52. The van der Waals surface area contributed by atoms with Gasteiger partial charge in [-0.25, -0.2) is 4.63 Å². The first-order valence-electron chi connectivity index (χ1n) is 4.52. The van der Waals surface area contributed by atoms with Crippen LogP contribution in [0.1, 0.15) is 31.7 Å². The monoisotopic (exact) mass is 176 g/mol. The van der Waals surface area contributed by atoms with E-state index in [0.717, 1.165) is 17.8 Å². The van der Waals surface area contributed by atoms with Crippen molar-refractivity contribution in [3.8, 4) is 0 Å². The Morgan fingerprint density at radius 2 is 2.15 bits per heavy atom. The summed E-state index contributed by atoms with van der Waals surface area (Å²) in [6, 6.07) is 0. The van der Waals surface area contributed by atoms with Gasteiger partial charge in [0, 0.05) is 0 Å². The lowest BCUT2D eigenvalue weighted by molar-refractivity contribution is 0.305. The van der Waals surface area contributed by atoms with Crippen LogP contribution in [0.2, 0.25) is 0 Å². The molecule has 0 spiro atoms. The van der Waals surface area contributed by atoms with Crippen molar-refractivity contribution in [2.45, 2.75) is 20.3 Å². The molecule has 0 amide bonds. The number of rotatable bonds is 1. The number of hydrogen-bond acceptors (Lipinski definition) is 3. The lowest BCUT2D eigenvalue weighted by Gasteiger charge is -2.06. The van der Waals surface area contributed by atoms with Gasteiger partial charge in [0.25, 0.3) is 0 Å². The van der Waals surface area contributed by atoms with E-state index < -0.39 is 0 Å². The van der Waals surface area contributed by atoms with Crippen molar-refractivity contribution in [3.05, 3.63) is 23.0 Å². The molecular formula is C10H12N2O. The summed E-state index contributed by atoms with van der Waals surface area (Å²) in [6.45, 7) is 4.32. The van der Waals surface area contributed by atoms with Crippen LogP contribution >= 0.6 is 0 Å². The van der Waals surface area contributed by atoms with Gasteiger partial charge < -0.3 is 0 Å². The van der Waals surface area contributed by atoms with Gasteiger partial charge in [0.05, 0.1) is 0 Å². The molecule has 0 bridgehead atoms. The van der Waals surface area contributed by atoms with E-state index in [1.54, 1.807) is 0 Å². The molecule has 68 valence electrons. The Bertz CT molecular complexity index is 363. The van der Waals surface area contributed by atoms with Crippen LogP contribution in [0.15, 0.2) is 16.3 Å². The van der Waals surface area contributed by atoms with Crippen LogP contribution in [0, 0.1) is 5.92 Å². The first-order valence-corrected chi connectivity index (χ1v) is 4.52. The third-order valence-electron chi connectivity index (χ3n) is 2.40. The van der Waals surface area contributed by atoms with Crippen molar-refractivity contribution in [2.24, 2.45) is 5.92 Å². The minimum absolute atomic E-state index is 0.473. The fourth-order valence-corrected chi connectivity index (χ4v) is 1.51. The van der Waals surface area contributed by atoms with Crippen molar-refractivity contribution in [3.63, 3.8) is 0 Å². The normalized spacial score (nSPS) is 20.8. The lowest BCUT2D eigenvalue weighted by atomic mass is 9.99. The summed E-state index contributed by atoms with van der Waals surface area (Å²) in [6.07, 6.45) is 7.20. The highest BCUT2D eigenvalue weighted by Gasteiger charge is 2.12. The van der Waals surface area contributed by atoms with E-state index in [2.05, 4.69) is 40.9 Å². The molecule has 1 aliphatic rings. The summed E-state index contributed by atoms with van der Waals surface area (Å²) >= 11 is 0. The van der Waals surface area contributed by atoms with Gasteiger partial charge in [0.1, 0.15) is 11.4 Å². The molecule has 1 aliphatic carbocycles. The standard InChI is InChI=1S/C10H12N2O/c1-3-8-6-10-9(11-13-12-10)5-4-7(8)2/h4-7H,3H2,1-2H3. The average molecular weight is 176 g/mol. The number of allylic oxidation sites excluding steroid dienone is 2. The van der Waals surface area contributed by atoms with E-state index in [4.69, 9.17) is 0 Å². The molecule has 0 radical (unpaired) electrons. The largest absolute Gasteiger partial charge is 0.243 e. The maximum atomic E-state index is 4.66. The van der Waals surface area contributed by atoms with Gasteiger partial charge in [-0.3, -0.25) is 0 Å². The first kappa shape index (κ1) is 8.23. The second kappa shape index (κ2) is 3.17. The van der Waals surface area contributed by atoms with Crippen LogP contribution in [0.4, 0.5) is 0 Å². The summed E-state index contributed by atoms with van der Waals surface area (Å²) in [5.74, 6) is 0.473. The summed E-state index contributed by atoms with van der Waals surface area (Å²) in [7, 11) is 0. The van der Waals surface area contributed by atoms with Gasteiger partial charge in [-0.1, -0.05) is 25.5 Å². The predicted molar refractivity (Wildman–Crippen MR) is 50.8 cm³/mol. The topological polar surface area (TPSA) is 38.9 Å². The fourth-order valence-electron chi connectivity index (χ4n) is 1.51. The molecule has 1 aromatic heterocycles. The Kier molecular flexibility index (Phi) is 2.00. The van der Waals surface area contributed by atoms with Crippen LogP contribution in [0.3, 0.4) is 0 Å². The van der Waals surface area contributed by atoms with Gasteiger partial charge in [-0.15, -0.1) is 0 Å². The molecule has 0 aromatic carbocycles. The van der Waals surface area contributed by atoms with Crippen molar-refractivity contribution in [1.82, 2.24) is 10.3 Å². The van der Waals surface area contributed by atoms with Gasteiger partial charge in [0.2, 0.25) is 0 Å². The molecular weight excluding hydrogens is 164 g/mol. The molecule has 1 heterocycles. The van der Waals surface area contributed by atoms with E-state index in [1.165, 1.54) is 5.57 Å². The molecule has 0 N–H and O–H groups in total. The minimum Gasteiger partial charge on any atom is -0.243 e. The number of fused-ring (bicyclic) bond motifs is 1. The molecule has 1 aromatic rings. The summed E-state index contributed by atoms with van der Waals surface area (Å²) in [5, 5.41) is 7.64. The Hall–Kier alpha value is -1.38. The van der Waals surface area contributed by atoms with Crippen LogP contribution in [-0.2, 0) is 0 Å². The Morgan fingerprint density at radius 3 is 2.92 bits per heavy atom. The fraction of sp³-hybridized carbons (Fsp3) is 0.400. The Balaban J connectivity index is 2.48. The number of aromatic nitrogens is 2. The van der Waals surface area contributed by atoms with E-state index in [0.29, 0.717) is 5.92 Å². The zero-order valence-electron chi connectivity index (χ0n) is 7.82. The third kappa shape index (κ3) is 1.41. The number of nitrogens with zero attached hydrogens (tertiary/aromatic N) is 2. The van der Waals surface area contributed by atoms with Gasteiger partial charge >= 0.3 is 0 Å². The van der Waals surface area contributed by atoms with E-state index in [1.807, 2.05) is 6.08 Å². The van der Waals surface area contributed by atoms with Crippen molar-refractivity contribution in [2.75, 3.05) is 0 Å². The van der Waals surface area contributed by atoms with Gasteiger partial charge in [0.15, 0.2) is 0 Å².